The molecule has 1 aromatic carbocycles. The van der Waals surface area contributed by atoms with Crippen LogP contribution in [0.2, 0.25) is 0 Å². The molecule has 1 unspecified atom stereocenters. The molecule has 5 nitrogen and oxygen atoms in total. The lowest BCUT2D eigenvalue weighted by Gasteiger charge is -2.38. The van der Waals surface area contributed by atoms with Gasteiger partial charge in [-0.3, -0.25) is 4.90 Å². The Kier molecular flexibility index (Phi) is 4.03. The van der Waals surface area contributed by atoms with Crippen molar-refractivity contribution in [1.82, 2.24) is 14.5 Å². The highest BCUT2D eigenvalue weighted by molar-refractivity contribution is 5.26. The molecule has 8 heteroatoms. The number of fused-ring (bicyclic) bond motifs is 3. The first-order valence-electron chi connectivity index (χ1n) is 9.29. The van der Waals surface area contributed by atoms with E-state index in [1.54, 1.807) is 0 Å². The molecule has 1 saturated heterocycles. The number of hydrogen-bond donors (Lipinski definition) is 1. The van der Waals surface area contributed by atoms with Gasteiger partial charge in [0, 0.05) is 43.7 Å². The van der Waals surface area contributed by atoms with Crippen molar-refractivity contribution in [3.05, 3.63) is 52.6 Å². The number of rotatable bonds is 2. The lowest BCUT2D eigenvalue weighted by atomic mass is 9.93. The van der Waals surface area contributed by atoms with Crippen molar-refractivity contribution in [2.75, 3.05) is 6.61 Å². The first-order valence-corrected chi connectivity index (χ1v) is 9.29. The summed E-state index contributed by atoms with van der Waals surface area (Å²) in [7, 11) is 0. The second-order valence-corrected chi connectivity index (χ2v) is 7.65. The molecule has 2 N–H and O–H groups in total. The number of nitrogens with two attached hydrogens (primary N) is 1. The Morgan fingerprint density at radius 2 is 2.07 bits per heavy atom. The van der Waals surface area contributed by atoms with Crippen molar-refractivity contribution in [3.63, 3.8) is 0 Å². The van der Waals surface area contributed by atoms with Crippen LogP contribution < -0.4 is 5.73 Å². The Hall–Kier alpha value is -1.90. The minimum Gasteiger partial charge on any atom is -0.370 e. The zero-order valence-corrected chi connectivity index (χ0v) is 14.7. The second kappa shape index (κ2) is 6.32. The van der Waals surface area contributed by atoms with Crippen molar-refractivity contribution < 1.29 is 17.9 Å². The van der Waals surface area contributed by atoms with Crippen molar-refractivity contribution >= 4 is 0 Å². The van der Waals surface area contributed by atoms with E-state index in [1.807, 2.05) is 4.57 Å². The molecule has 27 heavy (non-hydrogen) atoms. The van der Waals surface area contributed by atoms with Gasteiger partial charge in [0.05, 0.1) is 18.0 Å². The lowest BCUT2D eigenvalue weighted by molar-refractivity contribution is -0.0535. The van der Waals surface area contributed by atoms with Crippen LogP contribution in [0.25, 0.3) is 0 Å². The molecule has 0 saturated carbocycles. The fraction of sp³-hybridized carbons (Fsp3) is 0.526. The Labute approximate surface area is 154 Å². The van der Waals surface area contributed by atoms with Gasteiger partial charge in [0.25, 0.3) is 0 Å². The van der Waals surface area contributed by atoms with Gasteiger partial charge in [-0.15, -0.1) is 0 Å². The third-order valence-electron chi connectivity index (χ3n) is 5.96. The lowest BCUT2D eigenvalue weighted by Crippen LogP contribution is -2.47. The highest BCUT2D eigenvalue weighted by Gasteiger charge is 2.39. The molecule has 0 amide bonds. The van der Waals surface area contributed by atoms with Crippen LogP contribution in [0.1, 0.15) is 47.9 Å². The Morgan fingerprint density at radius 1 is 1.22 bits per heavy atom. The van der Waals surface area contributed by atoms with E-state index in [4.69, 9.17) is 10.5 Å². The summed E-state index contributed by atoms with van der Waals surface area (Å²) in [4.78, 5) is 6.71. The molecule has 0 aliphatic carbocycles. The van der Waals surface area contributed by atoms with E-state index in [-0.39, 0.29) is 11.6 Å². The van der Waals surface area contributed by atoms with E-state index in [0.29, 0.717) is 44.9 Å². The molecule has 3 aliphatic heterocycles. The Bertz CT molecular complexity index is 886. The molecule has 5 rings (SSSR count). The largest absolute Gasteiger partial charge is 0.370 e. The summed E-state index contributed by atoms with van der Waals surface area (Å²) in [6.07, 6.45) is -0.510. The van der Waals surface area contributed by atoms with Crippen LogP contribution in [-0.2, 0) is 24.4 Å². The second-order valence-electron chi connectivity index (χ2n) is 7.65. The topological polar surface area (TPSA) is 56.3 Å². The molecule has 4 atom stereocenters. The van der Waals surface area contributed by atoms with Crippen LogP contribution in [0.15, 0.2) is 18.2 Å². The molecular weight excluding hydrogens is 357 g/mol. The van der Waals surface area contributed by atoms with Crippen LogP contribution in [0, 0.1) is 11.6 Å². The van der Waals surface area contributed by atoms with Gasteiger partial charge in [-0.2, -0.15) is 0 Å². The number of nitrogens with zero attached hydrogens (tertiary/aromatic N) is 3. The number of hydrogen-bond acceptors (Lipinski definition) is 4. The predicted molar refractivity (Wildman–Crippen MR) is 91.4 cm³/mol. The van der Waals surface area contributed by atoms with Crippen LogP contribution in [0.3, 0.4) is 0 Å². The number of alkyl halides is 1. The number of imidazole rings is 1. The number of halogens is 3. The fourth-order valence-electron chi connectivity index (χ4n) is 4.57. The first-order chi connectivity index (χ1) is 13.0. The zero-order valence-electron chi connectivity index (χ0n) is 14.7. The summed E-state index contributed by atoms with van der Waals surface area (Å²) < 4.78 is 49.3. The van der Waals surface area contributed by atoms with Crippen molar-refractivity contribution in [3.8, 4) is 0 Å². The molecule has 0 radical (unpaired) electrons. The number of ether oxygens (including phenoxy) is 1. The van der Waals surface area contributed by atoms with Gasteiger partial charge in [0.2, 0.25) is 0 Å². The maximum atomic E-state index is 14.1. The third kappa shape index (κ3) is 2.78. The summed E-state index contributed by atoms with van der Waals surface area (Å²) >= 11 is 0. The molecule has 1 fully saturated rings. The van der Waals surface area contributed by atoms with Crippen LogP contribution >= 0.6 is 0 Å². The van der Waals surface area contributed by atoms with E-state index in [0.717, 1.165) is 29.6 Å². The predicted octanol–water partition coefficient (Wildman–Crippen LogP) is 2.75. The smallest absolute Gasteiger partial charge is 0.159 e. The highest BCUT2D eigenvalue weighted by atomic mass is 19.1. The van der Waals surface area contributed by atoms with Gasteiger partial charge in [0.1, 0.15) is 23.6 Å². The zero-order chi connectivity index (χ0) is 18.7. The van der Waals surface area contributed by atoms with E-state index < -0.39 is 30.0 Å². The average molecular weight is 378 g/mol. The van der Waals surface area contributed by atoms with Gasteiger partial charge in [-0.05, 0) is 24.6 Å². The summed E-state index contributed by atoms with van der Waals surface area (Å²) in [6, 6.07) is 2.98. The molecule has 1 aromatic heterocycles. The fourth-order valence-corrected chi connectivity index (χ4v) is 4.57. The summed E-state index contributed by atoms with van der Waals surface area (Å²) in [5.74, 6) is -0.457. The highest BCUT2D eigenvalue weighted by Crippen LogP contribution is 2.37. The number of aromatic nitrogens is 2. The van der Waals surface area contributed by atoms with Gasteiger partial charge >= 0.3 is 0 Å². The Morgan fingerprint density at radius 3 is 2.89 bits per heavy atom. The summed E-state index contributed by atoms with van der Waals surface area (Å²) in [5, 5.41) is 0. The molecule has 0 bridgehead atoms. The third-order valence-corrected chi connectivity index (χ3v) is 5.96. The molecule has 144 valence electrons. The SMILES string of the molecule is N[C@H]1C[C@@H](N2Cc3nc4n(c3C2)CCC4F)CO[C@@H]1c1cc(F)ccc1F. The standard InChI is InChI=1S/C19H21F3N4O/c20-10-1-2-13(21)12(5-10)18-15(23)6-11(9-27-18)25-7-16-17(8-25)26-4-3-14(22)19(26)24-16/h1-2,5,11,14-15,18H,3-4,6-9,23H2/t11-,14?,15+,18-/m1/s1. The maximum Gasteiger partial charge on any atom is 0.159 e. The van der Waals surface area contributed by atoms with Gasteiger partial charge in [0.15, 0.2) is 6.17 Å². The van der Waals surface area contributed by atoms with Gasteiger partial charge in [-0.25, -0.2) is 18.2 Å². The van der Waals surface area contributed by atoms with E-state index in [2.05, 4.69) is 9.88 Å². The van der Waals surface area contributed by atoms with Crippen molar-refractivity contribution in [1.29, 1.82) is 0 Å². The minimum atomic E-state index is -0.961. The maximum absolute atomic E-state index is 14.1. The molecule has 0 spiro atoms. The normalized spacial score (nSPS) is 30.5. The molecule has 4 heterocycles. The first kappa shape index (κ1) is 17.2. The van der Waals surface area contributed by atoms with Gasteiger partial charge < -0.3 is 15.0 Å². The summed E-state index contributed by atoms with van der Waals surface area (Å²) in [5.41, 5.74) is 8.45. The quantitative estimate of drug-likeness (QED) is 0.873. The van der Waals surface area contributed by atoms with E-state index in [1.165, 1.54) is 0 Å². The van der Waals surface area contributed by atoms with Crippen molar-refractivity contribution in [2.45, 2.75) is 56.8 Å². The van der Waals surface area contributed by atoms with Gasteiger partial charge in [-0.1, -0.05) is 0 Å². The van der Waals surface area contributed by atoms with Crippen LogP contribution in [0.5, 0.6) is 0 Å². The Balaban J connectivity index is 1.29. The summed E-state index contributed by atoms with van der Waals surface area (Å²) in [6.45, 7) is 2.39. The number of benzene rings is 1. The monoisotopic (exact) mass is 378 g/mol. The van der Waals surface area contributed by atoms with E-state index in [9.17, 15) is 13.2 Å². The average Bonchev–Trinajstić information content (AvgIpc) is 3.30. The van der Waals surface area contributed by atoms with Crippen LogP contribution in [0.4, 0.5) is 13.2 Å². The molecule has 3 aliphatic rings. The van der Waals surface area contributed by atoms with E-state index >= 15 is 0 Å². The molecular formula is C19H21F3N4O. The minimum absolute atomic E-state index is 0.0703. The van der Waals surface area contributed by atoms with Crippen LogP contribution in [-0.4, -0.2) is 33.1 Å². The van der Waals surface area contributed by atoms with Crippen molar-refractivity contribution in [2.24, 2.45) is 5.73 Å². The molecule has 2 aromatic rings.